The zero-order valence-corrected chi connectivity index (χ0v) is 26.4. The van der Waals surface area contributed by atoms with Crippen molar-refractivity contribution in [2.75, 3.05) is 4.90 Å². The summed E-state index contributed by atoms with van der Waals surface area (Å²) >= 11 is 0. The monoisotopic (exact) mass is 603 g/mol. The molecule has 0 bridgehead atoms. The number of furan rings is 1. The van der Waals surface area contributed by atoms with E-state index in [2.05, 4.69) is 176 Å². The van der Waals surface area contributed by atoms with Crippen LogP contribution >= 0.6 is 0 Å². The van der Waals surface area contributed by atoms with Crippen molar-refractivity contribution < 1.29 is 4.42 Å². The van der Waals surface area contributed by atoms with Crippen LogP contribution in [0.1, 0.15) is 25.0 Å². The minimum atomic E-state index is -0.263. The zero-order valence-electron chi connectivity index (χ0n) is 26.4. The van der Waals surface area contributed by atoms with Crippen molar-refractivity contribution in [2.45, 2.75) is 19.3 Å². The lowest BCUT2D eigenvalue weighted by Crippen LogP contribution is -2.20. The molecule has 0 saturated carbocycles. The van der Waals surface area contributed by atoms with E-state index in [0.717, 1.165) is 33.3 Å². The molecule has 1 heterocycles. The predicted octanol–water partition coefficient (Wildman–Crippen LogP) is 12.7. The van der Waals surface area contributed by atoms with Crippen molar-refractivity contribution in [3.05, 3.63) is 175 Å². The fourth-order valence-electron chi connectivity index (χ4n) is 7.59. The smallest absolute Gasteiger partial charge is 0.135 e. The van der Waals surface area contributed by atoms with Crippen LogP contribution in [0.5, 0.6) is 0 Å². The van der Waals surface area contributed by atoms with Gasteiger partial charge in [-0.05, 0) is 93.0 Å². The molecule has 0 atom stereocenters. The van der Waals surface area contributed by atoms with Gasteiger partial charge in [0.05, 0.1) is 5.69 Å². The molecule has 9 rings (SSSR count). The first-order chi connectivity index (χ1) is 23.1. The van der Waals surface area contributed by atoms with Crippen LogP contribution in [0, 0.1) is 0 Å². The lowest BCUT2D eigenvalue weighted by atomic mass is 9.81. The van der Waals surface area contributed by atoms with E-state index in [9.17, 15) is 0 Å². The van der Waals surface area contributed by atoms with Crippen molar-refractivity contribution in [2.24, 2.45) is 0 Å². The third kappa shape index (κ3) is 4.40. The molecule has 8 aromatic rings. The van der Waals surface area contributed by atoms with Crippen LogP contribution in [0.2, 0.25) is 0 Å². The maximum atomic E-state index is 6.39. The van der Waals surface area contributed by atoms with Crippen LogP contribution in [0.25, 0.3) is 55.3 Å². The Bertz CT molecular complexity index is 2350. The highest BCUT2D eigenvalue weighted by molar-refractivity contribution is 6.08. The molecule has 0 fully saturated rings. The Morgan fingerprint density at radius 2 is 1.02 bits per heavy atom. The van der Waals surface area contributed by atoms with Crippen molar-refractivity contribution >= 4 is 39.0 Å². The van der Waals surface area contributed by atoms with Gasteiger partial charge in [-0.1, -0.05) is 129 Å². The van der Waals surface area contributed by atoms with Crippen LogP contribution in [0.3, 0.4) is 0 Å². The maximum Gasteiger partial charge on any atom is 0.135 e. The van der Waals surface area contributed by atoms with Crippen molar-refractivity contribution in [3.63, 3.8) is 0 Å². The van der Waals surface area contributed by atoms with E-state index in [1.165, 1.54) is 50.2 Å². The second-order valence-corrected chi connectivity index (χ2v) is 13.0. The molecule has 2 heteroatoms. The summed E-state index contributed by atoms with van der Waals surface area (Å²) in [6, 6.07) is 58.9. The summed E-state index contributed by atoms with van der Waals surface area (Å²) in [4.78, 5) is 2.45. The number of rotatable bonds is 5. The fraction of sp³-hybridized carbons (Fsp3) is 0.0667. The number of hydrogen-bond donors (Lipinski definition) is 0. The molecule has 7 aromatic carbocycles. The molecule has 0 saturated heterocycles. The quantitative estimate of drug-likeness (QED) is 0.195. The van der Waals surface area contributed by atoms with Gasteiger partial charge in [0, 0.05) is 27.6 Å². The van der Waals surface area contributed by atoms with E-state index < -0.39 is 0 Å². The Hall–Kier alpha value is -5.86. The van der Waals surface area contributed by atoms with Crippen LogP contribution < -0.4 is 4.90 Å². The van der Waals surface area contributed by atoms with Gasteiger partial charge in [-0.2, -0.15) is 0 Å². The number of benzene rings is 7. The SMILES string of the molecule is CC1(C)c2cc3oc4ccccc4c3cc2-c2cccc(N(c3cccc(-c4ccccc4)c3)c3cccc(-c4ccccc4)c3)c21. The summed E-state index contributed by atoms with van der Waals surface area (Å²) in [5.41, 5.74) is 15.0. The number of anilines is 3. The molecular formula is C45H33NO. The molecule has 0 amide bonds. The van der Waals surface area contributed by atoms with Gasteiger partial charge in [-0.25, -0.2) is 0 Å². The Balaban J connectivity index is 1.28. The molecule has 47 heavy (non-hydrogen) atoms. The number of nitrogens with zero attached hydrogens (tertiary/aromatic N) is 1. The maximum absolute atomic E-state index is 6.39. The molecule has 0 spiro atoms. The van der Waals surface area contributed by atoms with Gasteiger partial charge in [0.2, 0.25) is 0 Å². The van der Waals surface area contributed by atoms with Crippen LogP contribution in [0.4, 0.5) is 17.1 Å². The van der Waals surface area contributed by atoms with Crippen molar-refractivity contribution in [1.29, 1.82) is 0 Å². The van der Waals surface area contributed by atoms with Gasteiger partial charge in [0.1, 0.15) is 11.2 Å². The van der Waals surface area contributed by atoms with Gasteiger partial charge in [0.15, 0.2) is 0 Å². The summed E-state index contributed by atoms with van der Waals surface area (Å²) in [5, 5.41) is 2.32. The van der Waals surface area contributed by atoms with Gasteiger partial charge < -0.3 is 9.32 Å². The molecule has 2 nitrogen and oxygen atoms in total. The third-order valence-electron chi connectivity index (χ3n) is 9.81. The minimum absolute atomic E-state index is 0.263. The lowest BCUT2D eigenvalue weighted by molar-refractivity contribution is 0.647. The lowest BCUT2D eigenvalue weighted by Gasteiger charge is -2.32. The first-order valence-electron chi connectivity index (χ1n) is 16.3. The highest BCUT2D eigenvalue weighted by atomic mass is 16.3. The van der Waals surface area contributed by atoms with E-state index in [-0.39, 0.29) is 5.41 Å². The molecule has 224 valence electrons. The van der Waals surface area contributed by atoms with Crippen molar-refractivity contribution in [3.8, 4) is 33.4 Å². The summed E-state index contributed by atoms with van der Waals surface area (Å²) in [6.45, 7) is 4.71. The molecule has 0 radical (unpaired) electrons. The topological polar surface area (TPSA) is 16.4 Å². The molecular weight excluding hydrogens is 571 g/mol. The first kappa shape index (κ1) is 27.5. The van der Waals surface area contributed by atoms with Crippen LogP contribution in [0.15, 0.2) is 168 Å². The van der Waals surface area contributed by atoms with E-state index in [1.807, 2.05) is 6.07 Å². The normalized spacial score (nSPS) is 13.1. The number of hydrogen-bond acceptors (Lipinski definition) is 2. The van der Waals surface area contributed by atoms with Gasteiger partial charge in [-0.3, -0.25) is 0 Å². The summed E-state index contributed by atoms with van der Waals surface area (Å²) in [7, 11) is 0. The minimum Gasteiger partial charge on any atom is -0.456 e. The summed E-state index contributed by atoms with van der Waals surface area (Å²) in [6.07, 6.45) is 0. The first-order valence-corrected chi connectivity index (χ1v) is 16.3. The number of fused-ring (bicyclic) bond motifs is 6. The van der Waals surface area contributed by atoms with E-state index in [4.69, 9.17) is 4.42 Å². The second-order valence-electron chi connectivity index (χ2n) is 13.0. The molecule has 1 aromatic heterocycles. The van der Waals surface area contributed by atoms with E-state index in [0.29, 0.717) is 0 Å². The van der Waals surface area contributed by atoms with Crippen LogP contribution in [-0.2, 0) is 5.41 Å². The highest BCUT2D eigenvalue weighted by Gasteiger charge is 2.39. The third-order valence-corrected chi connectivity index (χ3v) is 9.81. The van der Waals surface area contributed by atoms with Gasteiger partial charge >= 0.3 is 0 Å². The molecule has 1 aliphatic carbocycles. The molecule has 0 unspecified atom stereocenters. The Morgan fingerprint density at radius 1 is 0.447 bits per heavy atom. The highest BCUT2D eigenvalue weighted by Crippen LogP contribution is 2.55. The number of para-hydroxylation sites is 1. The zero-order chi connectivity index (χ0) is 31.5. The summed E-state index contributed by atoms with van der Waals surface area (Å²) in [5.74, 6) is 0. The predicted molar refractivity (Wildman–Crippen MR) is 197 cm³/mol. The van der Waals surface area contributed by atoms with Gasteiger partial charge in [0.25, 0.3) is 0 Å². The van der Waals surface area contributed by atoms with Crippen LogP contribution in [-0.4, -0.2) is 0 Å². The van der Waals surface area contributed by atoms with E-state index >= 15 is 0 Å². The fourth-order valence-corrected chi connectivity index (χ4v) is 7.59. The van der Waals surface area contributed by atoms with Crippen molar-refractivity contribution in [1.82, 2.24) is 0 Å². The standard InChI is InChI=1S/C45H33NO/c1-45(2)40-29-43-39(36-22-9-10-25-42(36)47-43)28-38(40)37-23-13-24-41(44(37)45)46(34-20-11-18-32(26-34)30-14-5-3-6-15-30)35-21-12-19-33(27-35)31-16-7-4-8-17-31/h3-29H,1-2H3. The summed E-state index contributed by atoms with van der Waals surface area (Å²) < 4.78 is 6.39. The average molecular weight is 604 g/mol. The molecule has 1 aliphatic rings. The van der Waals surface area contributed by atoms with E-state index in [1.54, 1.807) is 0 Å². The Labute approximate surface area is 275 Å². The molecule has 0 N–H and O–H groups in total. The molecule has 0 aliphatic heterocycles. The Morgan fingerprint density at radius 3 is 1.68 bits per heavy atom. The van der Waals surface area contributed by atoms with Gasteiger partial charge in [-0.15, -0.1) is 0 Å². The Kier molecular flexibility index (Phi) is 6.20. The second kappa shape index (κ2) is 10.6. The average Bonchev–Trinajstić information content (AvgIpc) is 3.60. The largest absolute Gasteiger partial charge is 0.456 e.